The van der Waals surface area contributed by atoms with Crippen molar-refractivity contribution in [2.45, 2.75) is 52.6 Å². The predicted molar refractivity (Wildman–Crippen MR) is 94.2 cm³/mol. The van der Waals surface area contributed by atoms with Gasteiger partial charge in [0, 0.05) is 23.6 Å². The number of benzene rings is 1. The molecule has 0 amide bonds. The summed E-state index contributed by atoms with van der Waals surface area (Å²) < 4.78 is 11.0. The summed E-state index contributed by atoms with van der Waals surface area (Å²) in [5.74, 6) is 1.53. The third-order valence-corrected chi connectivity index (χ3v) is 4.30. The molecule has 2 aromatic heterocycles. The Hall–Kier alpha value is -2.27. The molecule has 0 bridgehead atoms. The van der Waals surface area contributed by atoms with Gasteiger partial charge in [-0.25, -0.2) is 4.79 Å². The van der Waals surface area contributed by atoms with E-state index in [1.54, 1.807) is 0 Å². The van der Waals surface area contributed by atoms with Crippen molar-refractivity contribution >= 4 is 11.1 Å². The smallest absolute Gasteiger partial charge is 0.417 e. The molecule has 24 heavy (non-hydrogen) atoms. The van der Waals surface area contributed by atoms with Gasteiger partial charge in [0.25, 0.3) is 0 Å². The fraction of sp³-hybridized carbons (Fsp3) is 0.421. The highest BCUT2D eigenvalue weighted by molar-refractivity contribution is 5.72. The molecule has 0 spiro atoms. The molecule has 0 radical (unpaired) electrons. The molecule has 3 rings (SSSR count). The Kier molecular flexibility index (Phi) is 4.13. The minimum atomic E-state index is -0.425. The Morgan fingerprint density at radius 2 is 1.96 bits per heavy atom. The third-order valence-electron chi connectivity index (χ3n) is 4.30. The molecule has 3 aromatic rings. The van der Waals surface area contributed by atoms with Gasteiger partial charge in [0.2, 0.25) is 0 Å². The van der Waals surface area contributed by atoms with Crippen LogP contribution in [-0.2, 0) is 12.0 Å². The minimum absolute atomic E-state index is 0.00544. The fourth-order valence-electron chi connectivity index (χ4n) is 2.68. The number of aryl methyl sites for hydroxylation is 1. The molecule has 0 aliphatic carbocycles. The maximum Gasteiger partial charge on any atom is 0.417 e. The second kappa shape index (κ2) is 5.98. The van der Waals surface area contributed by atoms with E-state index in [4.69, 9.17) is 8.83 Å². The van der Waals surface area contributed by atoms with Crippen LogP contribution in [0.4, 0.5) is 0 Å². The van der Waals surface area contributed by atoms with Gasteiger partial charge in [-0.15, -0.1) is 0 Å². The van der Waals surface area contributed by atoms with Crippen molar-refractivity contribution < 1.29 is 8.83 Å². The molecule has 128 valence electrons. The van der Waals surface area contributed by atoms with Crippen molar-refractivity contribution in [2.24, 2.45) is 0 Å². The average Bonchev–Trinajstić information content (AvgIpc) is 3.05. The summed E-state index contributed by atoms with van der Waals surface area (Å²) >= 11 is 0. The Morgan fingerprint density at radius 3 is 2.62 bits per heavy atom. The van der Waals surface area contributed by atoms with Crippen molar-refractivity contribution in [1.82, 2.24) is 10.3 Å². The largest absolute Gasteiger partial charge is 0.465 e. The van der Waals surface area contributed by atoms with Crippen molar-refractivity contribution in [3.63, 3.8) is 0 Å². The number of H-pyrrole nitrogens is 1. The van der Waals surface area contributed by atoms with E-state index < -0.39 is 5.76 Å². The number of hydrogen-bond donors (Lipinski definition) is 2. The molecular weight excluding hydrogens is 304 g/mol. The molecule has 1 unspecified atom stereocenters. The van der Waals surface area contributed by atoms with Crippen LogP contribution in [0.25, 0.3) is 11.1 Å². The van der Waals surface area contributed by atoms with Crippen molar-refractivity contribution in [1.29, 1.82) is 0 Å². The van der Waals surface area contributed by atoms with Crippen LogP contribution in [0.3, 0.4) is 0 Å². The van der Waals surface area contributed by atoms with Gasteiger partial charge in [0.15, 0.2) is 5.58 Å². The highest BCUT2D eigenvalue weighted by Crippen LogP contribution is 2.27. The Balaban J connectivity index is 1.73. The standard InChI is InChI=1S/C19H24N2O3/c1-11(13-6-7-15-16(8-13)24-18(22)21-15)20-10-14-9-17(19(3,4)5)23-12(14)2/h6-9,11,20H,10H2,1-5H3,(H,21,22). The van der Waals surface area contributed by atoms with Gasteiger partial charge >= 0.3 is 5.76 Å². The van der Waals surface area contributed by atoms with Gasteiger partial charge < -0.3 is 14.2 Å². The normalized spacial score (nSPS) is 13.5. The number of furan rings is 1. The number of aromatic amines is 1. The Labute approximate surface area is 141 Å². The molecule has 0 saturated heterocycles. The first-order valence-corrected chi connectivity index (χ1v) is 8.20. The fourth-order valence-corrected chi connectivity index (χ4v) is 2.68. The van der Waals surface area contributed by atoms with E-state index in [0.29, 0.717) is 5.58 Å². The lowest BCUT2D eigenvalue weighted by Gasteiger charge is -2.14. The Morgan fingerprint density at radius 1 is 1.21 bits per heavy atom. The monoisotopic (exact) mass is 328 g/mol. The first-order chi connectivity index (χ1) is 11.2. The van der Waals surface area contributed by atoms with Crippen LogP contribution >= 0.6 is 0 Å². The van der Waals surface area contributed by atoms with E-state index in [2.05, 4.69) is 44.1 Å². The van der Waals surface area contributed by atoms with Gasteiger partial charge in [-0.3, -0.25) is 4.98 Å². The molecule has 5 heteroatoms. The van der Waals surface area contributed by atoms with Crippen LogP contribution in [0.2, 0.25) is 0 Å². The highest BCUT2D eigenvalue weighted by Gasteiger charge is 2.20. The topological polar surface area (TPSA) is 71.2 Å². The zero-order valence-corrected chi connectivity index (χ0v) is 14.8. The summed E-state index contributed by atoms with van der Waals surface area (Å²) in [6.07, 6.45) is 0. The molecular formula is C19H24N2O3. The number of rotatable bonds is 4. The molecule has 2 heterocycles. The van der Waals surface area contributed by atoms with E-state index in [1.165, 1.54) is 5.56 Å². The van der Waals surface area contributed by atoms with Crippen molar-refractivity contribution in [2.75, 3.05) is 0 Å². The lowest BCUT2D eigenvalue weighted by Crippen LogP contribution is -2.18. The average molecular weight is 328 g/mol. The quantitative estimate of drug-likeness (QED) is 0.754. The van der Waals surface area contributed by atoms with E-state index in [9.17, 15) is 4.79 Å². The summed E-state index contributed by atoms with van der Waals surface area (Å²) in [6.45, 7) is 11.2. The van der Waals surface area contributed by atoms with E-state index >= 15 is 0 Å². The minimum Gasteiger partial charge on any atom is -0.465 e. The van der Waals surface area contributed by atoms with Crippen molar-refractivity contribution in [3.05, 3.63) is 57.5 Å². The van der Waals surface area contributed by atoms with Gasteiger partial charge in [0.1, 0.15) is 11.5 Å². The number of aromatic nitrogens is 1. The van der Waals surface area contributed by atoms with Gasteiger partial charge in [0.05, 0.1) is 5.52 Å². The van der Waals surface area contributed by atoms with Gasteiger partial charge in [-0.1, -0.05) is 26.8 Å². The second-order valence-corrected chi connectivity index (χ2v) is 7.31. The van der Waals surface area contributed by atoms with Crippen LogP contribution in [0.1, 0.15) is 56.4 Å². The maximum atomic E-state index is 11.3. The number of nitrogens with one attached hydrogen (secondary N) is 2. The lowest BCUT2D eigenvalue weighted by molar-refractivity contribution is 0.394. The van der Waals surface area contributed by atoms with Crippen LogP contribution < -0.4 is 11.1 Å². The number of fused-ring (bicyclic) bond motifs is 1. The Bertz CT molecular complexity index is 909. The first kappa shape index (κ1) is 16.6. The van der Waals surface area contributed by atoms with Crippen LogP contribution in [0.15, 0.2) is 37.9 Å². The molecule has 0 aliphatic rings. The molecule has 0 aliphatic heterocycles. The molecule has 5 nitrogen and oxygen atoms in total. The zero-order chi connectivity index (χ0) is 17.5. The van der Waals surface area contributed by atoms with Gasteiger partial charge in [-0.2, -0.15) is 0 Å². The second-order valence-electron chi connectivity index (χ2n) is 7.31. The SMILES string of the molecule is Cc1oc(C(C)(C)C)cc1CNC(C)c1ccc2[nH]c(=O)oc2c1. The summed E-state index contributed by atoms with van der Waals surface area (Å²) in [5, 5.41) is 3.50. The van der Waals surface area contributed by atoms with Crippen LogP contribution in [-0.4, -0.2) is 4.98 Å². The third kappa shape index (κ3) is 3.31. The van der Waals surface area contributed by atoms with E-state index in [0.717, 1.165) is 29.1 Å². The van der Waals surface area contributed by atoms with Crippen LogP contribution in [0, 0.1) is 6.92 Å². The first-order valence-electron chi connectivity index (χ1n) is 8.20. The molecule has 1 atom stereocenters. The highest BCUT2D eigenvalue weighted by atomic mass is 16.4. The zero-order valence-electron chi connectivity index (χ0n) is 14.8. The molecule has 2 N–H and O–H groups in total. The summed E-state index contributed by atoms with van der Waals surface area (Å²) in [4.78, 5) is 13.9. The number of hydrogen-bond acceptors (Lipinski definition) is 4. The van der Waals surface area contributed by atoms with E-state index in [1.807, 2.05) is 25.1 Å². The summed E-state index contributed by atoms with van der Waals surface area (Å²) in [6, 6.07) is 8.02. The van der Waals surface area contributed by atoms with Crippen molar-refractivity contribution in [3.8, 4) is 0 Å². The predicted octanol–water partition coefficient (Wildman–Crippen LogP) is 4.17. The molecule has 0 fully saturated rings. The summed E-state index contributed by atoms with van der Waals surface area (Å²) in [7, 11) is 0. The molecule has 0 saturated carbocycles. The van der Waals surface area contributed by atoms with Crippen LogP contribution in [0.5, 0.6) is 0 Å². The number of oxazole rings is 1. The van der Waals surface area contributed by atoms with E-state index in [-0.39, 0.29) is 11.5 Å². The molecule has 1 aromatic carbocycles. The van der Waals surface area contributed by atoms with Gasteiger partial charge in [-0.05, 0) is 37.6 Å². The summed E-state index contributed by atoms with van der Waals surface area (Å²) in [5.41, 5.74) is 3.55. The maximum absolute atomic E-state index is 11.3. The lowest BCUT2D eigenvalue weighted by atomic mass is 9.93.